The second-order valence-corrected chi connectivity index (χ2v) is 8.34. The van der Waals surface area contributed by atoms with Crippen molar-refractivity contribution in [1.29, 1.82) is 0 Å². The molecular weight excluding hydrogens is 332 g/mol. The average Bonchev–Trinajstić information content (AvgIpc) is 3.48. The maximum atomic E-state index is 12.9. The van der Waals surface area contributed by atoms with Crippen LogP contribution in [0, 0.1) is 11.8 Å². The Hall–Kier alpha value is -1.87. The highest BCUT2D eigenvalue weighted by molar-refractivity contribution is 5.79. The molecule has 1 aromatic carbocycles. The number of hydrogen-bond acceptors (Lipinski definition) is 2. The molecule has 3 nitrogen and oxygen atoms in total. The van der Waals surface area contributed by atoms with Crippen molar-refractivity contribution in [3.63, 3.8) is 0 Å². The molecule has 2 unspecified atom stereocenters. The van der Waals surface area contributed by atoms with E-state index in [2.05, 4.69) is 65.3 Å². The molecule has 1 amide bonds. The zero-order valence-corrected chi connectivity index (χ0v) is 16.5. The van der Waals surface area contributed by atoms with Crippen LogP contribution in [0.3, 0.4) is 0 Å². The van der Waals surface area contributed by atoms with Crippen LogP contribution < -0.4 is 0 Å². The van der Waals surface area contributed by atoms with E-state index in [1.807, 2.05) is 0 Å². The van der Waals surface area contributed by atoms with Gasteiger partial charge in [0.1, 0.15) is 0 Å². The Labute approximate surface area is 163 Å². The van der Waals surface area contributed by atoms with Crippen molar-refractivity contribution in [3.05, 3.63) is 59.8 Å². The quantitative estimate of drug-likeness (QED) is 0.715. The van der Waals surface area contributed by atoms with Gasteiger partial charge in [0.2, 0.25) is 5.91 Å². The van der Waals surface area contributed by atoms with Crippen molar-refractivity contribution in [2.75, 3.05) is 19.6 Å². The van der Waals surface area contributed by atoms with Crippen LogP contribution in [0.15, 0.2) is 54.3 Å². The van der Waals surface area contributed by atoms with Crippen molar-refractivity contribution >= 4 is 5.91 Å². The predicted molar refractivity (Wildman–Crippen MR) is 110 cm³/mol. The number of nitrogens with zero attached hydrogens (tertiary/aromatic N) is 2. The molecule has 1 aromatic rings. The molecule has 1 saturated carbocycles. The van der Waals surface area contributed by atoms with Gasteiger partial charge in [-0.25, -0.2) is 0 Å². The second kappa shape index (κ2) is 8.43. The Bertz CT molecular complexity index is 700. The summed E-state index contributed by atoms with van der Waals surface area (Å²) in [6.45, 7) is 5.41. The molecule has 1 aliphatic heterocycles. The molecule has 1 heterocycles. The number of carbonyl (C=O) groups excluding carboxylic acids is 1. The normalized spacial score (nSPS) is 25.0. The monoisotopic (exact) mass is 364 g/mol. The van der Waals surface area contributed by atoms with Crippen LogP contribution in [0.4, 0.5) is 0 Å². The van der Waals surface area contributed by atoms with E-state index in [4.69, 9.17) is 0 Å². The maximum absolute atomic E-state index is 12.9. The number of likely N-dealkylation sites (tertiary alicyclic amines) is 1. The van der Waals surface area contributed by atoms with Crippen LogP contribution in [0.25, 0.3) is 0 Å². The van der Waals surface area contributed by atoms with E-state index in [-0.39, 0.29) is 0 Å². The van der Waals surface area contributed by atoms with E-state index in [1.165, 1.54) is 17.7 Å². The van der Waals surface area contributed by atoms with E-state index in [1.54, 1.807) is 0 Å². The number of amides is 1. The number of carbonyl (C=O) groups is 1. The van der Waals surface area contributed by atoms with Crippen molar-refractivity contribution < 1.29 is 4.79 Å². The molecule has 1 saturated heterocycles. The Morgan fingerprint density at radius 1 is 1.15 bits per heavy atom. The molecule has 0 aromatic heterocycles. The molecule has 2 atom stereocenters. The minimum absolute atomic E-state index is 0.315. The number of benzene rings is 1. The summed E-state index contributed by atoms with van der Waals surface area (Å²) in [4.78, 5) is 17.6. The van der Waals surface area contributed by atoms with Gasteiger partial charge in [-0.05, 0) is 55.6 Å². The van der Waals surface area contributed by atoms with Crippen LogP contribution in [-0.4, -0.2) is 41.4 Å². The van der Waals surface area contributed by atoms with Gasteiger partial charge in [-0.1, -0.05) is 49.4 Å². The third-order valence-electron chi connectivity index (χ3n) is 6.28. The standard InChI is InChI=1S/C24H32N2O/c1-2-6-24(27)26(23-10-9-20-17-21(20)18-23)22-12-15-25(16-13-22)14-11-19-7-4-3-5-8-19/h3-5,7-10,18,20-22H,2,6,11-17H2,1H3. The zero-order chi connectivity index (χ0) is 18.6. The van der Waals surface area contributed by atoms with Gasteiger partial charge in [-0.3, -0.25) is 4.79 Å². The average molecular weight is 365 g/mol. The van der Waals surface area contributed by atoms with Crippen molar-refractivity contribution in [2.24, 2.45) is 11.8 Å². The van der Waals surface area contributed by atoms with Gasteiger partial charge in [0.05, 0.1) is 0 Å². The number of rotatable bonds is 7. The lowest BCUT2D eigenvalue weighted by Gasteiger charge is -2.39. The molecule has 2 aliphatic carbocycles. The number of hydrogen-bond donors (Lipinski definition) is 0. The third-order valence-corrected chi connectivity index (χ3v) is 6.28. The fraction of sp³-hybridized carbons (Fsp3) is 0.542. The molecule has 2 fully saturated rings. The van der Waals surface area contributed by atoms with Crippen LogP contribution in [-0.2, 0) is 11.2 Å². The first-order valence-corrected chi connectivity index (χ1v) is 10.7. The highest BCUT2D eigenvalue weighted by Gasteiger charge is 2.38. The fourth-order valence-corrected chi connectivity index (χ4v) is 4.53. The van der Waals surface area contributed by atoms with Crippen LogP contribution in [0.5, 0.6) is 0 Å². The third kappa shape index (κ3) is 4.52. The molecule has 0 N–H and O–H groups in total. The lowest BCUT2D eigenvalue weighted by atomic mass is 9.99. The Morgan fingerprint density at radius 3 is 2.63 bits per heavy atom. The highest BCUT2D eigenvalue weighted by Crippen LogP contribution is 2.45. The smallest absolute Gasteiger partial charge is 0.227 e. The molecule has 3 aliphatic rings. The Kier molecular flexibility index (Phi) is 5.77. The van der Waals surface area contributed by atoms with Crippen LogP contribution in [0.1, 0.15) is 44.6 Å². The van der Waals surface area contributed by atoms with E-state index in [9.17, 15) is 4.79 Å². The maximum Gasteiger partial charge on any atom is 0.227 e. The van der Waals surface area contributed by atoms with Gasteiger partial charge >= 0.3 is 0 Å². The summed E-state index contributed by atoms with van der Waals surface area (Å²) >= 11 is 0. The van der Waals surface area contributed by atoms with Gasteiger partial charge in [-0.2, -0.15) is 0 Å². The summed E-state index contributed by atoms with van der Waals surface area (Å²) in [6, 6.07) is 11.1. The zero-order valence-electron chi connectivity index (χ0n) is 16.5. The molecule has 4 rings (SSSR count). The molecule has 0 bridgehead atoms. The van der Waals surface area contributed by atoms with E-state index < -0.39 is 0 Å². The minimum atomic E-state index is 0.315. The number of piperidine rings is 1. The first-order valence-electron chi connectivity index (χ1n) is 10.7. The molecule has 27 heavy (non-hydrogen) atoms. The van der Waals surface area contributed by atoms with Gasteiger partial charge in [0.15, 0.2) is 0 Å². The van der Waals surface area contributed by atoms with Gasteiger partial charge in [0.25, 0.3) is 0 Å². The molecule has 144 valence electrons. The molecule has 3 heteroatoms. The summed E-state index contributed by atoms with van der Waals surface area (Å²) in [5, 5.41) is 0. The first-order chi connectivity index (χ1) is 13.2. The molecule has 0 spiro atoms. The Morgan fingerprint density at radius 2 is 1.93 bits per heavy atom. The SMILES string of the molecule is CCCC(=O)N(C1=CC2CC2C=C1)C1CCN(CCc2ccccc2)CC1. The van der Waals surface area contributed by atoms with Gasteiger partial charge in [-0.15, -0.1) is 0 Å². The number of allylic oxidation sites excluding steroid dienone is 3. The van der Waals surface area contributed by atoms with Gasteiger partial charge < -0.3 is 9.80 Å². The van der Waals surface area contributed by atoms with Gasteiger partial charge in [0, 0.05) is 37.8 Å². The predicted octanol–water partition coefficient (Wildman–Crippen LogP) is 4.41. The summed E-state index contributed by atoms with van der Waals surface area (Å²) in [5.41, 5.74) is 2.59. The van der Waals surface area contributed by atoms with Crippen molar-refractivity contribution in [3.8, 4) is 0 Å². The fourth-order valence-electron chi connectivity index (χ4n) is 4.53. The topological polar surface area (TPSA) is 23.6 Å². The number of fused-ring (bicyclic) bond motifs is 1. The second-order valence-electron chi connectivity index (χ2n) is 8.34. The first kappa shape index (κ1) is 18.5. The van der Waals surface area contributed by atoms with Crippen LogP contribution in [0.2, 0.25) is 0 Å². The minimum Gasteiger partial charge on any atom is -0.310 e. The molecule has 0 radical (unpaired) electrons. The summed E-state index contributed by atoms with van der Waals surface area (Å²) in [5.74, 6) is 1.75. The van der Waals surface area contributed by atoms with Crippen molar-refractivity contribution in [1.82, 2.24) is 9.80 Å². The molecular formula is C24H32N2O. The largest absolute Gasteiger partial charge is 0.310 e. The lowest BCUT2D eigenvalue weighted by molar-refractivity contribution is -0.131. The highest BCUT2D eigenvalue weighted by atomic mass is 16.2. The summed E-state index contributed by atoms with van der Waals surface area (Å²) < 4.78 is 0. The van der Waals surface area contributed by atoms with E-state index >= 15 is 0 Å². The van der Waals surface area contributed by atoms with E-state index in [0.717, 1.165) is 51.2 Å². The summed E-state index contributed by atoms with van der Waals surface area (Å²) in [6.07, 6.45) is 13.0. The van der Waals surface area contributed by atoms with Crippen molar-refractivity contribution in [2.45, 2.75) is 51.5 Å². The summed E-state index contributed by atoms with van der Waals surface area (Å²) in [7, 11) is 0. The lowest BCUT2D eigenvalue weighted by Crippen LogP contribution is -2.47. The van der Waals surface area contributed by atoms with Crippen LogP contribution >= 0.6 is 0 Å². The van der Waals surface area contributed by atoms with E-state index in [0.29, 0.717) is 24.3 Å². The Balaban J connectivity index is 1.35.